The number of nitrogens with two attached hydrogens (primary N) is 1. The van der Waals surface area contributed by atoms with Gasteiger partial charge in [-0.1, -0.05) is 12.5 Å². The molecule has 3 rings (SSSR count). The number of halogens is 1. The molecule has 3 heterocycles. The van der Waals surface area contributed by atoms with Gasteiger partial charge in [0.2, 0.25) is 5.91 Å². The highest BCUT2D eigenvalue weighted by molar-refractivity contribution is 14.0. The fourth-order valence-electron chi connectivity index (χ4n) is 4.24. The molecule has 2 aliphatic heterocycles. The maximum absolute atomic E-state index is 11.4. The number of guanidine groups is 1. The van der Waals surface area contributed by atoms with Gasteiger partial charge in [0.05, 0.1) is 6.54 Å². The molecule has 0 aromatic carbocycles. The highest BCUT2D eigenvalue weighted by Gasteiger charge is 2.24. The fourth-order valence-corrected chi connectivity index (χ4v) is 4.24. The Bertz CT molecular complexity index is 701. The van der Waals surface area contributed by atoms with Crippen molar-refractivity contribution < 1.29 is 4.79 Å². The predicted octanol–water partition coefficient (Wildman–Crippen LogP) is 1.94. The van der Waals surface area contributed by atoms with E-state index in [-0.39, 0.29) is 35.8 Å². The molecule has 0 atom stereocenters. The molecule has 9 heteroatoms. The number of aliphatic imine (C=N–C) groups is 1. The molecule has 1 amide bonds. The maximum Gasteiger partial charge on any atom is 0.220 e. The second-order valence-corrected chi connectivity index (χ2v) is 8.17. The minimum Gasteiger partial charge on any atom is -0.369 e. The number of rotatable bonds is 8. The van der Waals surface area contributed by atoms with E-state index in [0.29, 0.717) is 6.54 Å². The lowest BCUT2D eigenvalue weighted by molar-refractivity contribution is -0.122. The Morgan fingerprint density at radius 2 is 1.94 bits per heavy atom. The van der Waals surface area contributed by atoms with Gasteiger partial charge >= 0.3 is 0 Å². The molecule has 1 aromatic heterocycles. The third-order valence-electron chi connectivity index (χ3n) is 5.99. The highest BCUT2D eigenvalue weighted by atomic mass is 127. The topological polar surface area (TPSA) is 98.9 Å². The van der Waals surface area contributed by atoms with E-state index in [1.54, 1.807) is 0 Å². The van der Waals surface area contributed by atoms with Crippen molar-refractivity contribution in [2.45, 2.75) is 45.6 Å². The van der Waals surface area contributed by atoms with Gasteiger partial charge < -0.3 is 26.2 Å². The van der Waals surface area contributed by atoms with Crippen LogP contribution in [-0.2, 0) is 11.3 Å². The molecule has 0 saturated carbocycles. The molecule has 1 aromatic rings. The number of aromatic nitrogens is 1. The summed E-state index contributed by atoms with van der Waals surface area (Å²) in [6.45, 7) is 9.45. The van der Waals surface area contributed by atoms with Gasteiger partial charge in [0, 0.05) is 50.4 Å². The normalized spacial score (nSPS) is 18.4. The van der Waals surface area contributed by atoms with Crippen LogP contribution < -0.4 is 21.3 Å². The van der Waals surface area contributed by atoms with E-state index in [9.17, 15) is 4.79 Å². The Labute approximate surface area is 203 Å². The van der Waals surface area contributed by atoms with Crippen molar-refractivity contribution in [3.05, 3.63) is 23.9 Å². The van der Waals surface area contributed by atoms with Gasteiger partial charge in [-0.05, 0) is 51.8 Å². The molecule has 0 aliphatic carbocycles. The Balaban J connectivity index is 0.00000341. The number of amides is 1. The average Bonchev–Trinajstić information content (AvgIpc) is 2.78. The lowest BCUT2D eigenvalue weighted by atomic mass is 9.96. The number of hydrogen-bond donors (Lipinski definition) is 3. The Kier molecular flexibility index (Phi) is 11.3. The largest absolute Gasteiger partial charge is 0.369 e. The summed E-state index contributed by atoms with van der Waals surface area (Å²) in [5.74, 6) is 1.60. The quantitative estimate of drug-likeness (QED) is 0.264. The standard InChI is InChI=1S/C22H37N7O.HI/c1-2-24-22(26-11-16-28-12-4-3-5-13-28)27-17-19-7-6-10-25-21(19)29-14-8-18(9-15-29)20(23)30;/h6-7,10,18H,2-5,8-9,11-17H2,1H3,(H2,23,30)(H2,24,26,27);1H. The summed E-state index contributed by atoms with van der Waals surface area (Å²) >= 11 is 0. The molecule has 31 heavy (non-hydrogen) atoms. The van der Waals surface area contributed by atoms with Crippen molar-refractivity contribution in [1.82, 2.24) is 20.5 Å². The number of likely N-dealkylation sites (tertiary alicyclic amines) is 1. The molecule has 174 valence electrons. The number of hydrogen-bond acceptors (Lipinski definition) is 5. The monoisotopic (exact) mass is 543 g/mol. The third-order valence-corrected chi connectivity index (χ3v) is 5.99. The molecular formula is C22H38IN7O. The van der Waals surface area contributed by atoms with Crippen molar-refractivity contribution in [1.29, 1.82) is 0 Å². The zero-order chi connectivity index (χ0) is 21.2. The van der Waals surface area contributed by atoms with Crippen LogP contribution in [0.1, 0.15) is 44.6 Å². The second kappa shape index (κ2) is 13.7. The van der Waals surface area contributed by atoms with Crippen LogP contribution in [0.5, 0.6) is 0 Å². The van der Waals surface area contributed by atoms with Crippen LogP contribution in [0.3, 0.4) is 0 Å². The zero-order valence-electron chi connectivity index (χ0n) is 18.7. The Morgan fingerprint density at radius 3 is 2.61 bits per heavy atom. The van der Waals surface area contributed by atoms with Crippen LogP contribution in [0.4, 0.5) is 5.82 Å². The summed E-state index contributed by atoms with van der Waals surface area (Å²) in [4.78, 5) is 25.6. The smallest absolute Gasteiger partial charge is 0.220 e. The first-order valence-electron chi connectivity index (χ1n) is 11.4. The number of nitrogens with zero attached hydrogens (tertiary/aromatic N) is 4. The first-order valence-corrected chi connectivity index (χ1v) is 11.4. The molecule has 2 aliphatic rings. The first kappa shape index (κ1) is 25.6. The van der Waals surface area contributed by atoms with Crippen molar-refractivity contribution in [3.63, 3.8) is 0 Å². The summed E-state index contributed by atoms with van der Waals surface area (Å²) in [5.41, 5.74) is 6.57. The Morgan fingerprint density at radius 1 is 1.19 bits per heavy atom. The van der Waals surface area contributed by atoms with Gasteiger partial charge in [-0.3, -0.25) is 4.79 Å². The van der Waals surface area contributed by atoms with E-state index in [1.165, 1.54) is 32.4 Å². The van der Waals surface area contributed by atoms with Crippen LogP contribution in [-0.4, -0.2) is 67.6 Å². The lowest BCUT2D eigenvalue weighted by Crippen LogP contribution is -2.42. The van der Waals surface area contributed by atoms with E-state index in [4.69, 9.17) is 10.7 Å². The van der Waals surface area contributed by atoms with Crippen molar-refractivity contribution >= 4 is 41.7 Å². The highest BCUT2D eigenvalue weighted by Crippen LogP contribution is 2.24. The van der Waals surface area contributed by atoms with E-state index < -0.39 is 0 Å². The molecule has 0 spiro atoms. The third kappa shape index (κ3) is 8.10. The van der Waals surface area contributed by atoms with Gasteiger partial charge in [-0.15, -0.1) is 24.0 Å². The van der Waals surface area contributed by atoms with Crippen LogP contribution in [0, 0.1) is 5.92 Å². The number of pyridine rings is 1. The molecule has 0 unspecified atom stereocenters. The van der Waals surface area contributed by atoms with Crippen LogP contribution in [0.15, 0.2) is 23.3 Å². The summed E-state index contributed by atoms with van der Waals surface area (Å²) in [5, 5.41) is 6.81. The SMILES string of the molecule is CCNC(=NCc1cccnc1N1CCC(C(N)=O)CC1)NCCN1CCCCC1.I. The molecule has 0 radical (unpaired) electrons. The summed E-state index contributed by atoms with van der Waals surface area (Å²) < 4.78 is 0. The van der Waals surface area contributed by atoms with Crippen molar-refractivity contribution in [2.24, 2.45) is 16.6 Å². The van der Waals surface area contributed by atoms with Crippen LogP contribution >= 0.6 is 24.0 Å². The van der Waals surface area contributed by atoms with E-state index in [1.807, 2.05) is 12.3 Å². The van der Waals surface area contributed by atoms with Gasteiger partial charge in [0.1, 0.15) is 5.82 Å². The van der Waals surface area contributed by atoms with E-state index >= 15 is 0 Å². The van der Waals surface area contributed by atoms with Crippen LogP contribution in [0.2, 0.25) is 0 Å². The summed E-state index contributed by atoms with van der Waals surface area (Å²) in [6, 6.07) is 4.05. The molecular weight excluding hydrogens is 505 g/mol. The van der Waals surface area contributed by atoms with Gasteiger partial charge in [-0.2, -0.15) is 0 Å². The fraction of sp³-hybridized carbons (Fsp3) is 0.682. The number of nitrogens with one attached hydrogen (secondary N) is 2. The molecule has 0 bridgehead atoms. The number of carbonyl (C=O) groups is 1. The number of anilines is 1. The summed E-state index contributed by atoms with van der Waals surface area (Å²) in [6.07, 6.45) is 7.39. The maximum atomic E-state index is 11.4. The number of piperidine rings is 2. The minimum absolute atomic E-state index is 0. The minimum atomic E-state index is -0.189. The summed E-state index contributed by atoms with van der Waals surface area (Å²) in [7, 11) is 0. The predicted molar refractivity (Wildman–Crippen MR) is 137 cm³/mol. The van der Waals surface area contributed by atoms with Gasteiger partial charge in [0.15, 0.2) is 5.96 Å². The van der Waals surface area contributed by atoms with E-state index in [2.05, 4.69) is 38.4 Å². The molecule has 2 saturated heterocycles. The van der Waals surface area contributed by atoms with Crippen molar-refractivity contribution in [3.8, 4) is 0 Å². The molecule has 2 fully saturated rings. The second-order valence-electron chi connectivity index (χ2n) is 8.17. The first-order chi connectivity index (χ1) is 14.7. The average molecular weight is 543 g/mol. The van der Waals surface area contributed by atoms with E-state index in [0.717, 1.165) is 62.9 Å². The number of carbonyl (C=O) groups excluding carboxylic acids is 1. The molecule has 8 nitrogen and oxygen atoms in total. The van der Waals surface area contributed by atoms with Crippen LogP contribution in [0.25, 0.3) is 0 Å². The zero-order valence-corrected chi connectivity index (χ0v) is 21.0. The lowest BCUT2D eigenvalue weighted by Gasteiger charge is -2.32. The van der Waals surface area contributed by atoms with Crippen molar-refractivity contribution in [2.75, 3.05) is 50.7 Å². The molecule has 4 N–H and O–H groups in total. The van der Waals surface area contributed by atoms with Gasteiger partial charge in [0.25, 0.3) is 0 Å². The number of primary amides is 1. The Hall–Kier alpha value is -1.62. The van der Waals surface area contributed by atoms with Gasteiger partial charge in [-0.25, -0.2) is 9.98 Å².